The van der Waals surface area contributed by atoms with Crippen LogP contribution in [0.2, 0.25) is 0 Å². The quantitative estimate of drug-likeness (QED) is 0.887. The fourth-order valence-corrected chi connectivity index (χ4v) is 3.22. The largest absolute Gasteiger partial charge is 0.339 e. The molecule has 2 fully saturated rings. The molecule has 1 saturated carbocycles. The molecule has 1 aliphatic heterocycles. The maximum absolute atomic E-state index is 12.5. The first-order chi connectivity index (χ1) is 12.2. The van der Waals surface area contributed by atoms with Crippen molar-refractivity contribution in [3.8, 4) is 0 Å². The van der Waals surface area contributed by atoms with E-state index in [-0.39, 0.29) is 17.9 Å². The zero-order valence-electron chi connectivity index (χ0n) is 14.3. The SMILES string of the molecule is CC(C(=O)Nc1ncccn1)N1CCCC(c2noc(C3CC3)n2)C1. The first kappa shape index (κ1) is 16.1. The Morgan fingerprint density at radius 1 is 1.28 bits per heavy atom. The van der Waals surface area contributed by atoms with E-state index in [1.165, 1.54) is 0 Å². The Balaban J connectivity index is 1.38. The van der Waals surface area contributed by atoms with E-state index in [4.69, 9.17) is 4.52 Å². The molecule has 132 valence electrons. The summed E-state index contributed by atoms with van der Waals surface area (Å²) in [7, 11) is 0. The molecule has 3 heterocycles. The molecule has 2 aromatic rings. The number of nitrogens with one attached hydrogen (secondary N) is 1. The van der Waals surface area contributed by atoms with Gasteiger partial charge in [0, 0.05) is 30.8 Å². The van der Waals surface area contributed by atoms with Crippen molar-refractivity contribution in [2.24, 2.45) is 0 Å². The molecule has 1 aliphatic carbocycles. The number of amides is 1. The summed E-state index contributed by atoms with van der Waals surface area (Å²) >= 11 is 0. The number of carbonyl (C=O) groups is 1. The number of rotatable bonds is 5. The average molecular weight is 342 g/mol. The smallest absolute Gasteiger partial charge is 0.243 e. The summed E-state index contributed by atoms with van der Waals surface area (Å²) in [5.74, 6) is 2.48. The molecule has 8 nitrogen and oxygen atoms in total. The molecule has 8 heteroatoms. The molecule has 4 rings (SSSR count). The number of piperidine rings is 1. The third-order valence-electron chi connectivity index (χ3n) is 4.93. The monoisotopic (exact) mass is 342 g/mol. The summed E-state index contributed by atoms with van der Waals surface area (Å²) in [5, 5.41) is 6.94. The van der Waals surface area contributed by atoms with Gasteiger partial charge in [-0.05, 0) is 45.2 Å². The van der Waals surface area contributed by atoms with E-state index in [1.54, 1.807) is 18.5 Å². The van der Waals surface area contributed by atoms with Crippen LogP contribution in [-0.4, -0.2) is 50.0 Å². The van der Waals surface area contributed by atoms with Crippen LogP contribution in [0.15, 0.2) is 23.0 Å². The number of nitrogens with zero attached hydrogens (tertiary/aromatic N) is 5. The number of hydrogen-bond donors (Lipinski definition) is 1. The van der Waals surface area contributed by atoms with Gasteiger partial charge in [-0.1, -0.05) is 5.16 Å². The number of likely N-dealkylation sites (tertiary alicyclic amines) is 1. The molecule has 0 spiro atoms. The molecule has 0 radical (unpaired) electrons. The predicted octanol–water partition coefficient (Wildman–Crippen LogP) is 1.94. The number of hydrogen-bond acceptors (Lipinski definition) is 7. The van der Waals surface area contributed by atoms with Gasteiger partial charge in [-0.25, -0.2) is 9.97 Å². The van der Waals surface area contributed by atoms with E-state index in [2.05, 4.69) is 30.3 Å². The summed E-state index contributed by atoms with van der Waals surface area (Å²) in [4.78, 5) is 27.3. The van der Waals surface area contributed by atoms with Crippen LogP contribution in [0.1, 0.15) is 56.2 Å². The van der Waals surface area contributed by atoms with Crippen molar-refractivity contribution in [2.45, 2.75) is 50.5 Å². The lowest BCUT2D eigenvalue weighted by Crippen LogP contribution is -2.46. The van der Waals surface area contributed by atoms with E-state index in [0.29, 0.717) is 11.9 Å². The van der Waals surface area contributed by atoms with Crippen LogP contribution < -0.4 is 5.32 Å². The lowest BCUT2D eigenvalue weighted by molar-refractivity contribution is -0.121. The van der Waals surface area contributed by atoms with Gasteiger partial charge >= 0.3 is 0 Å². The molecule has 2 unspecified atom stereocenters. The Morgan fingerprint density at radius 3 is 2.84 bits per heavy atom. The van der Waals surface area contributed by atoms with Crippen molar-refractivity contribution < 1.29 is 9.32 Å². The molecule has 2 aromatic heterocycles. The van der Waals surface area contributed by atoms with Crippen molar-refractivity contribution in [2.75, 3.05) is 18.4 Å². The van der Waals surface area contributed by atoms with Crippen molar-refractivity contribution in [1.29, 1.82) is 0 Å². The molecule has 1 N–H and O–H groups in total. The van der Waals surface area contributed by atoms with E-state index < -0.39 is 0 Å². The van der Waals surface area contributed by atoms with Crippen LogP contribution in [0.3, 0.4) is 0 Å². The lowest BCUT2D eigenvalue weighted by atomic mass is 9.96. The van der Waals surface area contributed by atoms with Crippen LogP contribution in [0, 0.1) is 0 Å². The lowest BCUT2D eigenvalue weighted by Gasteiger charge is -2.34. The third kappa shape index (κ3) is 3.68. The fourth-order valence-electron chi connectivity index (χ4n) is 3.22. The Morgan fingerprint density at radius 2 is 2.08 bits per heavy atom. The van der Waals surface area contributed by atoms with E-state index in [1.807, 2.05) is 6.92 Å². The summed E-state index contributed by atoms with van der Waals surface area (Å²) in [5.41, 5.74) is 0. The Hall–Kier alpha value is -2.35. The van der Waals surface area contributed by atoms with Gasteiger partial charge < -0.3 is 4.52 Å². The van der Waals surface area contributed by atoms with Gasteiger partial charge in [-0.2, -0.15) is 4.98 Å². The standard InChI is InChI=1S/C17H22N6O2/c1-11(15(24)21-17-18-7-3-8-19-17)23-9-2-4-13(10-23)14-20-16(25-22-14)12-5-6-12/h3,7-8,11-13H,2,4-6,9-10H2,1H3,(H,18,19,21,24). The molecule has 2 atom stereocenters. The molecular formula is C17H22N6O2. The molecule has 0 bridgehead atoms. The topological polar surface area (TPSA) is 97.0 Å². The van der Waals surface area contributed by atoms with E-state index >= 15 is 0 Å². The molecule has 1 saturated heterocycles. The predicted molar refractivity (Wildman–Crippen MR) is 89.9 cm³/mol. The highest BCUT2D eigenvalue weighted by molar-refractivity contribution is 5.93. The molecule has 25 heavy (non-hydrogen) atoms. The highest BCUT2D eigenvalue weighted by Crippen LogP contribution is 2.39. The zero-order chi connectivity index (χ0) is 17.2. The third-order valence-corrected chi connectivity index (χ3v) is 4.93. The minimum absolute atomic E-state index is 0.0985. The fraction of sp³-hybridized carbons (Fsp3) is 0.588. The van der Waals surface area contributed by atoms with Crippen LogP contribution in [0.5, 0.6) is 0 Å². The first-order valence-electron chi connectivity index (χ1n) is 8.86. The van der Waals surface area contributed by atoms with Gasteiger partial charge in [0.15, 0.2) is 5.82 Å². The van der Waals surface area contributed by atoms with Gasteiger partial charge in [0.2, 0.25) is 17.7 Å². The van der Waals surface area contributed by atoms with Gasteiger partial charge in [-0.3, -0.25) is 15.0 Å². The molecule has 0 aromatic carbocycles. The highest BCUT2D eigenvalue weighted by Gasteiger charge is 2.33. The zero-order valence-corrected chi connectivity index (χ0v) is 14.3. The van der Waals surface area contributed by atoms with Crippen LogP contribution in [0.4, 0.5) is 5.95 Å². The maximum atomic E-state index is 12.5. The van der Waals surface area contributed by atoms with Crippen molar-refractivity contribution in [3.63, 3.8) is 0 Å². The van der Waals surface area contributed by atoms with E-state index in [0.717, 1.165) is 50.5 Å². The van der Waals surface area contributed by atoms with Gasteiger partial charge in [-0.15, -0.1) is 0 Å². The normalized spacial score (nSPS) is 22.5. The second kappa shape index (κ2) is 6.87. The van der Waals surface area contributed by atoms with Gasteiger partial charge in [0.25, 0.3) is 0 Å². The molecular weight excluding hydrogens is 320 g/mol. The molecule has 1 amide bonds. The minimum atomic E-state index is -0.263. The second-order valence-corrected chi connectivity index (χ2v) is 6.84. The number of carbonyl (C=O) groups excluding carboxylic acids is 1. The summed E-state index contributed by atoms with van der Waals surface area (Å²) in [6.07, 6.45) is 7.55. The van der Waals surface area contributed by atoms with Crippen molar-refractivity contribution in [3.05, 3.63) is 30.2 Å². The Bertz CT molecular complexity index is 730. The molecule has 2 aliphatic rings. The summed E-state index contributed by atoms with van der Waals surface area (Å²) < 4.78 is 5.39. The van der Waals surface area contributed by atoms with Crippen molar-refractivity contribution >= 4 is 11.9 Å². The first-order valence-corrected chi connectivity index (χ1v) is 8.86. The second-order valence-electron chi connectivity index (χ2n) is 6.84. The maximum Gasteiger partial charge on any atom is 0.243 e. The number of anilines is 1. The average Bonchev–Trinajstić information content (AvgIpc) is 3.39. The van der Waals surface area contributed by atoms with Crippen LogP contribution in [0.25, 0.3) is 0 Å². The Kier molecular flexibility index (Phi) is 4.44. The highest BCUT2D eigenvalue weighted by atomic mass is 16.5. The van der Waals surface area contributed by atoms with Gasteiger partial charge in [0.1, 0.15) is 0 Å². The minimum Gasteiger partial charge on any atom is -0.339 e. The van der Waals surface area contributed by atoms with Crippen molar-refractivity contribution in [1.82, 2.24) is 25.0 Å². The van der Waals surface area contributed by atoms with E-state index in [9.17, 15) is 4.79 Å². The Labute approximate surface area is 146 Å². The van der Waals surface area contributed by atoms with Crippen LogP contribution in [-0.2, 0) is 4.79 Å². The van der Waals surface area contributed by atoms with Gasteiger partial charge in [0.05, 0.1) is 6.04 Å². The van der Waals surface area contributed by atoms with Crippen LogP contribution >= 0.6 is 0 Å². The summed E-state index contributed by atoms with van der Waals surface area (Å²) in [6.45, 7) is 3.55. The number of aromatic nitrogens is 4. The summed E-state index contributed by atoms with van der Waals surface area (Å²) in [6, 6.07) is 1.45.